The fourth-order valence-corrected chi connectivity index (χ4v) is 1.98. The summed E-state index contributed by atoms with van der Waals surface area (Å²) in [5.74, 6) is 0.324. The number of hydrogen-bond donors (Lipinski definition) is 2. The number of nitrogens with one attached hydrogen (secondary N) is 1. The third-order valence-corrected chi connectivity index (χ3v) is 2.96. The molecular formula is C12H12N2O2S. The molecule has 1 heterocycles. The smallest absolute Gasteiger partial charge is 0.255 e. The number of ether oxygens (including phenoxy) is 1. The summed E-state index contributed by atoms with van der Waals surface area (Å²) in [6, 6.07) is 6.79. The van der Waals surface area contributed by atoms with E-state index in [-0.39, 0.29) is 5.91 Å². The zero-order valence-corrected chi connectivity index (χ0v) is 10.1. The largest absolute Gasteiger partial charge is 0.495 e. The fraction of sp³-hybridized carbons (Fsp3) is 0.0833. The maximum atomic E-state index is 11.9. The van der Waals surface area contributed by atoms with Gasteiger partial charge in [-0.3, -0.25) is 4.79 Å². The van der Waals surface area contributed by atoms with Crippen LogP contribution in [0.1, 0.15) is 10.4 Å². The molecule has 0 radical (unpaired) electrons. The number of amides is 1. The molecule has 5 heteroatoms. The highest BCUT2D eigenvalue weighted by Gasteiger charge is 2.09. The van der Waals surface area contributed by atoms with Crippen molar-refractivity contribution in [2.45, 2.75) is 0 Å². The second-order valence-electron chi connectivity index (χ2n) is 3.42. The molecule has 88 valence electrons. The van der Waals surface area contributed by atoms with Gasteiger partial charge in [-0.2, -0.15) is 11.3 Å². The van der Waals surface area contributed by atoms with Gasteiger partial charge >= 0.3 is 0 Å². The standard InChI is InChI=1S/C12H12N2O2S/c1-16-11-6-8(2-3-10(11)13)12(15)14-9-4-5-17-7-9/h2-7H,13H2,1H3,(H,14,15). The molecule has 0 aliphatic carbocycles. The van der Waals surface area contributed by atoms with Crippen molar-refractivity contribution in [3.8, 4) is 5.75 Å². The molecule has 0 aliphatic heterocycles. The van der Waals surface area contributed by atoms with Crippen LogP contribution in [-0.2, 0) is 0 Å². The van der Waals surface area contributed by atoms with Gasteiger partial charge in [0.05, 0.1) is 18.5 Å². The second-order valence-corrected chi connectivity index (χ2v) is 4.20. The summed E-state index contributed by atoms with van der Waals surface area (Å²) in [5.41, 5.74) is 7.50. The molecule has 1 amide bonds. The number of thiophene rings is 1. The van der Waals surface area contributed by atoms with Gasteiger partial charge in [0.1, 0.15) is 5.75 Å². The van der Waals surface area contributed by atoms with Crippen molar-refractivity contribution in [3.63, 3.8) is 0 Å². The van der Waals surface area contributed by atoms with Crippen molar-refractivity contribution in [1.29, 1.82) is 0 Å². The maximum Gasteiger partial charge on any atom is 0.255 e. The van der Waals surface area contributed by atoms with E-state index in [4.69, 9.17) is 10.5 Å². The summed E-state index contributed by atoms with van der Waals surface area (Å²) >= 11 is 1.53. The van der Waals surface area contributed by atoms with Crippen LogP contribution >= 0.6 is 11.3 Å². The Balaban J connectivity index is 2.19. The molecule has 2 aromatic rings. The van der Waals surface area contributed by atoms with E-state index in [1.165, 1.54) is 18.4 Å². The third kappa shape index (κ3) is 2.57. The van der Waals surface area contributed by atoms with Gasteiger partial charge in [0, 0.05) is 10.9 Å². The summed E-state index contributed by atoms with van der Waals surface area (Å²) < 4.78 is 5.07. The van der Waals surface area contributed by atoms with Gasteiger partial charge in [0.2, 0.25) is 0 Å². The summed E-state index contributed by atoms with van der Waals surface area (Å²) in [6.45, 7) is 0. The average Bonchev–Trinajstić information content (AvgIpc) is 2.82. The Morgan fingerprint density at radius 1 is 1.41 bits per heavy atom. The van der Waals surface area contributed by atoms with Gasteiger partial charge in [-0.1, -0.05) is 0 Å². The molecule has 0 unspecified atom stereocenters. The first kappa shape index (κ1) is 11.5. The third-order valence-electron chi connectivity index (χ3n) is 2.27. The highest BCUT2D eigenvalue weighted by Crippen LogP contribution is 2.23. The van der Waals surface area contributed by atoms with Gasteiger partial charge in [0.15, 0.2) is 0 Å². The van der Waals surface area contributed by atoms with Crippen molar-refractivity contribution in [1.82, 2.24) is 0 Å². The van der Waals surface area contributed by atoms with E-state index >= 15 is 0 Å². The molecule has 0 saturated carbocycles. The predicted molar refractivity (Wildman–Crippen MR) is 69.7 cm³/mol. The molecule has 0 spiro atoms. The Kier molecular flexibility index (Phi) is 3.30. The lowest BCUT2D eigenvalue weighted by Gasteiger charge is -2.07. The SMILES string of the molecule is COc1cc(C(=O)Nc2ccsc2)ccc1N. The molecule has 1 aromatic heterocycles. The Bertz CT molecular complexity index is 523. The first-order valence-electron chi connectivity index (χ1n) is 4.98. The zero-order valence-electron chi connectivity index (χ0n) is 9.27. The van der Waals surface area contributed by atoms with Crippen molar-refractivity contribution in [2.75, 3.05) is 18.2 Å². The predicted octanol–water partition coefficient (Wildman–Crippen LogP) is 2.59. The number of methoxy groups -OCH3 is 1. The number of carbonyl (C=O) groups is 1. The number of carbonyl (C=O) groups excluding carboxylic acids is 1. The number of hydrogen-bond acceptors (Lipinski definition) is 4. The van der Waals surface area contributed by atoms with Crippen LogP contribution in [0.3, 0.4) is 0 Å². The number of nitrogen functional groups attached to an aromatic ring is 1. The minimum absolute atomic E-state index is 0.179. The van der Waals surface area contributed by atoms with E-state index < -0.39 is 0 Å². The molecule has 1 aromatic carbocycles. The summed E-state index contributed by atoms with van der Waals surface area (Å²) in [6.07, 6.45) is 0. The number of benzene rings is 1. The lowest BCUT2D eigenvalue weighted by molar-refractivity contribution is 0.102. The maximum absolute atomic E-state index is 11.9. The molecule has 0 aliphatic rings. The molecule has 17 heavy (non-hydrogen) atoms. The summed E-state index contributed by atoms with van der Waals surface area (Å²) in [7, 11) is 1.52. The molecule has 3 N–H and O–H groups in total. The average molecular weight is 248 g/mol. The minimum Gasteiger partial charge on any atom is -0.495 e. The normalized spacial score (nSPS) is 9.94. The molecule has 0 saturated heterocycles. The van der Waals surface area contributed by atoms with Crippen LogP contribution in [-0.4, -0.2) is 13.0 Å². The van der Waals surface area contributed by atoms with Crippen molar-refractivity contribution < 1.29 is 9.53 Å². The van der Waals surface area contributed by atoms with Crippen LogP contribution in [0.4, 0.5) is 11.4 Å². The van der Waals surface area contributed by atoms with Gasteiger partial charge < -0.3 is 15.8 Å². The number of nitrogens with two attached hydrogens (primary N) is 1. The van der Waals surface area contributed by atoms with Crippen LogP contribution in [0.15, 0.2) is 35.0 Å². The first-order valence-corrected chi connectivity index (χ1v) is 5.92. The van der Waals surface area contributed by atoms with Crippen LogP contribution < -0.4 is 15.8 Å². The first-order chi connectivity index (χ1) is 8.20. The number of rotatable bonds is 3. The van der Waals surface area contributed by atoms with E-state index in [9.17, 15) is 4.79 Å². The van der Waals surface area contributed by atoms with Gasteiger partial charge in [-0.05, 0) is 29.6 Å². The van der Waals surface area contributed by atoms with Crippen molar-refractivity contribution >= 4 is 28.6 Å². The van der Waals surface area contributed by atoms with Crippen LogP contribution in [0.25, 0.3) is 0 Å². The lowest BCUT2D eigenvalue weighted by atomic mass is 10.2. The molecule has 4 nitrogen and oxygen atoms in total. The Labute approximate surface area is 103 Å². The van der Waals surface area contributed by atoms with Crippen LogP contribution in [0.5, 0.6) is 5.75 Å². The summed E-state index contributed by atoms with van der Waals surface area (Å²) in [4.78, 5) is 11.9. The fourth-order valence-electron chi connectivity index (χ4n) is 1.39. The molecule has 0 atom stereocenters. The van der Waals surface area contributed by atoms with Gasteiger partial charge in [-0.25, -0.2) is 0 Å². The van der Waals surface area contributed by atoms with E-state index in [0.717, 1.165) is 5.69 Å². The lowest BCUT2D eigenvalue weighted by Crippen LogP contribution is -2.11. The second kappa shape index (κ2) is 4.88. The van der Waals surface area contributed by atoms with E-state index in [0.29, 0.717) is 17.0 Å². The zero-order chi connectivity index (χ0) is 12.3. The Morgan fingerprint density at radius 3 is 2.88 bits per heavy atom. The molecule has 0 bridgehead atoms. The van der Waals surface area contributed by atoms with E-state index in [1.807, 2.05) is 16.8 Å². The quantitative estimate of drug-likeness (QED) is 0.820. The number of anilines is 2. The van der Waals surface area contributed by atoms with Crippen LogP contribution in [0.2, 0.25) is 0 Å². The molecular weight excluding hydrogens is 236 g/mol. The van der Waals surface area contributed by atoms with Crippen molar-refractivity contribution in [3.05, 3.63) is 40.6 Å². The highest BCUT2D eigenvalue weighted by atomic mass is 32.1. The Hall–Kier alpha value is -2.01. The molecule has 2 rings (SSSR count). The summed E-state index contributed by atoms with van der Waals surface area (Å²) in [5, 5.41) is 6.55. The van der Waals surface area contributed by atoms with Crippen LogP contribution in [0, 0.1) is 0 Å². The minimum atomic E-state index is -0.179. The van der Waals surface area contributed by atoms with Crippen molar-refractivity contribution in [2.24, 2.45) is 0 Å². The van der Waals surface area contributed by atoms with E-state index in [2.05, 4.69) is 5.32 Å². The van der Waals surface area contributed by atoms with Gasteiger partial charge in [0.25, 0.3) is 5.91 Å². The molecule has 0 fully saturated rings. The Morgan fingerprint density at radius 2 is 2.24 bits per heavy atom. The highest BCUT2D eigenvalue weighted by molar-refractivity contribution is 7.08. The topological polar surface area (TPSA) is 64.3 Å². The van der Waals surface area contributed by atoms with Gasteiger partial charge in [-0.15, -0.1) is 0 Å². The monoisotopic (exact) mass is 248 g/mol. The van der Waals surface area contributed by atoms with E-state index in [1.54, 1.807) is 18.2 Å².